The lowest BCUT2D eigenvalue weighted by Gasteiger charge is -2.24. The molecule has 0 spiro atoms. The van der Waals surface area contributed by atoms with Gasteiger partial charge >= 0.3 is 0 Å². The molecule has 3 heteroatoms. The van der Waals surface area contributed by atoms with Crippen LogP contribution in [0.5, 0.6) is 0 Å². The van der Waals surface area contributed by atoms with Crippen LogP contribution in [-0.2, 0) is 0 Å². The van der Waals surface area contributed by atoms with Crippen LogP contribution in [0.15, 0.2) is 24.3 Å². The molecule has 2 rings (SSSR count). The fraction of sp³-hybridized carbons (Fsp3) is 0.500. The van der Waals surface area contributed by atoms with Gasteiger partial charge in [0, 0.05) is 11.1 Å². The number of nitrogens with two attached hydrogens (primary N) is 1. The number of nitrogens with zero attached hydrogens (tertiary/aromatic N) is 1. The van der Waals surface area contributed by atoms with Gasteiger partial charge in [0.15, 0.2) is 0 Å². The van der Waals surface area contributed by atoms with Crippen molar-refractivity contribution >= 4 is 11.6 Å². The van der Waals surface area contributed by atoms with Crippen LogP contribution < -0.4 is 5.73 Å². The van der Waals surface area contributed by atoms with E-state index in [1.54, 1.807) is 0 Å². The maximum Gasteiger partial charge on any atom is 0.0409 e. The van der Waals surface area contributed by atoms with Gasteiger partial charge in [0.1, 0.15) is 0 Å². The Kier molecular flexibility index (Phi) is 3.29. The van der Waals surface area contributed by atoms with Gasteiger partial charge in [0.05, 0.1) is 0 Å². The summed E-state index contributed by atoms with van der Waals surface area (Å²) in [6.07, 6.45) is 1.18. The highest BCUT2D eigenvalue weighted by molar-refractivity contribution is 6.30. The van der Waals surface area contributed by atoms with Crippen molar-refractivity contribution in [2.75, 3.05) is 20.1 Å². The molecule has 0 bridgehead atoms. The highest BCUT2D eigenvalue weighted by atomic mass is 35.5. The second kappa shape index (κ2) is 4.52. The Balaban J connectivity index is 2.28. The largest absolute Gasteiger partial charge is 0.330 e. The molecule has 1 aromatic carbocycles. The van der Waals surface area contributed by atoms with Crippen molar-refractivity contribution in [1.82, 2.24) is 4.90 Å². The van der Waals surface area contributed by atoms with Crippen molar-refractivity contribution in [2.45, 2.75) is 12.5 Å². The third-order valence-corrected chi connectivity index (χ3v) is 3.50. The summed E-state index contributed by atoms with van der Waals surface area (Å²) in [6, 6.07) is 8.56. The van der Waals surface area contributed by atoms with E-state index in [-0.39, 0.29) is 0 Å². The Bertz CT molecular complexity index is 340. The van der Waals surface area contributed by atoms with Crippen LogP contribution in [0, 0.1) is 5.92 Å². The van der Waals surface area contributed by atoms with E-state index < -0.39 is 0 Å². The summed E-state index contributed by atoms with van der Waals surface area (Å²) in [5.41, 5.74) is 7.09. The van der Waals surface area contributed by atoms with Crippen LogP contribution in [0.25, 0.3) is 0 Å². The van der Waals surface area contributed by atoms with Gasteiger partial charge in [-0.15, -0.1) is 0 Å². The van der Waals surface area contributed by atoms with E-state index in [4.69, 9.17) is 17.3 Å². The minimum Gasteiger partial charge on any atom is -0.330 e. The molecule has 1 aliphatic rings. The van der Waals surface area contributed by atoms with Crippen molar-refractivity contribution in [3.05, 3.63) is 34.9 Å². The summed E-state index contributed by atoms with van der Waals surface area (Å²) < 4.78 is 0. The number of halogens is 1. The summed E-state index contributed by atoms with van der Waals surface area (Å²) in [7, 11) is 2.15. The number of benzene rings is 1. The molecule has 0 saturated carbocycles. The molecule has 0 radical (unpaired) electrons. The van der Waals surface area contributed by atoms with Crippen molar-refractivity contribution in [3.8, 4) is 0 Å². The molecular formula is C12H17ClN2. The number of likely N-dealkylation sites (tertiary alicyclic amines) is 1. The Morgan fingerprint density at radius 2 is 2.33 bits per heavy atom. The molecule has 1 saturated heterocycles. The SMILES string of the molecule is CN1CC[C@H](CN)[C@H]1c1cccc(Cl)c1. The molecule has 2 nitrogen and oxygen atoms in total. The number of hydrogen-bond acceptors (Lipinski definition) is 2. The maximum absolute atomic E-state index is 6.01. The monoisotopic (exact) mass is 224 g/mol. The summed E-state index contributed by atoms with van der Waals surface area (Å²) in [5.74, 6) is 0.563. The van der Waals surface area contributed by atoms with E-state index in [0.717, 1.165) is 18.1 Å². The lowest BCUT2D eigenvalue weighted by molar-refractivity contribution is 0.279. The van der Waals surface area contributed by atoms with Gasteiger partial charge < -0.3 is 5.73 Å². The molecule has 1 aromatic rings. The lowest BCUT2D eigenvalue weighted by Crippen LogP contribution is -2.25. The average Bonchev–Trinajstić information content (AvgIpc) is 2.59. The molecule has 15 heavy (non-hydrogen) atoms. The molecular weight excluding hydrogens is 208 g/mol. The van der Waals surface area contributed by atoms with Gasteiger partial charge in [-0.05, 0) is 50.2 Å². The number of hydrogen-bond donors (Lipinski definition) is 1. The standard InChI is InChI=1S/C12H17ClN2/c1-15-6-5-10(8-14)12(15)9-3-2-4-11(13)7-9/h2-4,7,10,12H,5-6,8,14H2,1H3/t10-,12-/m1/s1. The first-order valence-electron chi connectivity index (χ1n) is 5.38. The van der Waals surface area contributed by atoms with Crippen LogP contribution in [0.3, 0.4) is 0 Å². The minimum absolute atomic E-state index is 0.439. The lowest BCUT2D eigenvalue weighted by atomic mass is 9.94. The molecule has 0 unspecified atom stereocenters. The van der Waals surface area contributed by atoms with Crippen molar-refractivity contribution in [1.29, 1.82) is 0 Å². The zero-order valence-corrected chi connectivity index (χ0v) is 9.74. The van der Waals surface area contributed by atoms with E-state index >= 15 is 0 Å². The zero-order chi connectivity index (χ0) is 10.8. The van der Waals surface area contributed by atoms with E-state index in [9.17, 15) is 0 Å². The van der Waals surface area contributed by atoms with E-state index in [0.29, 0.717) is 12.0 Å². The minimum atomic E-state index is 0.439. The maximum atomic E-state index is 6.01. The normalized spacial score (nSPS) is 27.1. The van der Waals surface area contributed by atoms with Crippen molar-refractivity contribution in [3.63, 3.8) is 0 Å². The third kappa shape index (κ3) is 2.17. The molecule has 82 valence electrons. The van der Waals surface area contributed by atoms with Crippen LogP contribution in [0.1, 0.15) is 18.0 Å². The second-order valence-corrected chi connectivity index (χ2v) is 4.70. The van der Waals surface area contributed by atoms with Crippen LogP contribution in [0.2, 0.25) is 5.02 Å². The van der Waals surface area contributed by atoms with Crippen molar-refractivity contribution < 1.29 is 0 Å². The quantitative estimate of drug-likeness (QED) is 0.836. The Labute approximate surface area is 96.0 Å². The summed E-state index contributed by atoms with van der Waals surface area (Å²) >= 11 is 6.01. The zero-order valence-electron chi connectivity index (χ0n) is 8.99. The van der Waals surface area contributed by atoms with Gasteiger partial charge in [0.2, 0.25) is 0 Å². The third-order valence-electron chi connectivity index (χ3n) is 3.27. The predicted molar refractivity (Wildman–Crippen MR) is 64.0 cm³/mol. The molecule has 1 aliphatic heterocycles. The highest BCUT2D eigenvalue weighted by Crippen LogP contribution is 2.35. The van der Waals surface area contributed by atoms with Gasteiger partial charge in [-0.2, -0.15) is 0 Å². The van der Waals surface area contributed by atoms with Gasteiger partial charge in [-0.3, -0.25) is 4.90 Å². The first-order valence-corrected chi connectivity index (χ1v) is 5.76. The molecule has 2 atom stereocenters. The Morgan fingerprint density at radius 3 is 3.00 bits per heavy atom. The van der Waals surface area contributed by atoms with Gasteiger partial charge in [-0.25, -0.2) is 0 Å². The van der Waals surface area contributed by atoms with Crippen molar-refractivity contribution in [2.24, 2.45) is 11.7 Å². The summed E-state index contributed by atoms with van der Waals surface area (Å²) in [6.45, 7) is 1.88. The van der Waals surface area contributed by atoms with Gasteiger partial charge in [0.25, 0.3) is 0 Å². The van der Waals surface area contributed by atoms with E-state index in [1.807, 2.05) is 12.1 Å². The highest BCUT2D eigenvalue weighted by Gasteiger charge is 2.31. The topological polar surface area (TPSA) is 29.3 Å². The molecule has 1 fully saturated rings. The summed E-state index contributed by atoms with van der Waals surface area (Å²) in [5, 5.41) is 0.809. The fourth-order valence-electron chi connectivity index (χ4n) is 2.49. The molecule has 0 aromatic heterocycles. The predicted octanol–water partition coefficient (Wildman–Crippen LogP) is 2.29. The van der Waals surface area contributed by atoms with Crippen LogP contribution >= 0.6 is 11.6 Å². The first kappa shape index (κ1) is 10.9. The van der Waals surface area contributed by atoms with Crippen LogP contribution in [-0.4, -0.2) is 25.0 Å². The molecule has 1 heterocycles. The molecule has 0 amide bonds. The Morgan fingerprint density at radius 1 is 1.53 bits per heavy atom. The Hall–Kier alpha value is -0.570. The van der Waals surface area contributed by atoms with Crippen LogP contribution in [0.4, 0.5) is 0 Å². The molecule has 0 aliphatic carbocycles. The number of rotatable bonds is 2. The molecule has 2 N–H and O–H groups in total. The van der Waals surface area contributed by atoms with E-state index in [1.165, 1.54) is 12.0 Å². The smallest absolute Gasteiger partial charge is 0.0409 e. The second-order valence-electron chi connectivity index (χ2n) is 4.26. The van der Waals surface area contributed by atoms with E-state index in [2.05, 4.69) is 24.1 Å². The van der Waals surface area contributed by atoms with Gasteiger partial charge in [-0.1, -0.05) is 23.7 Å². The summed E-state index contributed by atoms with van der Waals surface area (Å²) in [4.78, 5) is 2.36. The average molecular weight is 225 g/mol. The first-order chi connectivity index (χ1) is 7.22. The fourth-order valence-corrected chi connectivity index (χ4v) is 2.69.